The number of pyridine rings is 1. The number of rotatable bonds is 1. The van der Waals surface area contributed by atoms with Crippen molar-refractivity contribution in [3.05, 3.63) is 47.4 Å². The van der Waals surface area contributed by atoms with Gasteiger partial charge in [0.25, 0.3) is 5.91 Å². The van der Waals surface area contributed by atoms with Gasteiger partial charge in [-0.05, 0) is 38.1 Å². The Hall–Kier alpha value is -3.06. The molecular formula is C20H17N5OS. The van der Waals surface area contributed by atoms with Crippen LogP contribution in [0.3, 0.4) is 0 Å². The van der Waals surface area contributed by atoms with Crippen molar-refractivity contribution in [2.24, 2.45) is 0 Å². The number of aromatic nitrogens is 3. The van der Waals surface area contributed by atoms with E-state index in [9.17, 15) is 4.79 Å². The molecule has 0 saturated heterocycles. The van der Waals surface area contributed by atoms with Crippen LogP contribution < -0.4 is 10.6 Å². The molecule has 5 rings (SSSR count). The number of carbonyl (C=O) groups excluding carboxylic acids is 1. The zero-order valence-corrected chi connectivity index (χ0v) is 15.7. The van der Waals surface area contributed by atoms with Crippen LogP contribution in [0.5, 0.6) is 0 Å². The summed E-state index contributed by atoms with van der Waals surface area (Å²) in [4.78, 5) is 26.6. The molecule has 4 aromatic rings. The predicted molar refractivity (Wildman–Crippen MR) is 108 cm³/mol. The molecule has 1 aliphatic heterocycles. The largest absolute Gasteiger partial charge is 0.381 e. The van der Waals surface area contributed by atoms with Crippen molar-refractivity contribution >= 4 is 43.9 Å². The van der Waals surface area contributed by atoms with E-state index in [0.717, 1.165) is 48.6 Å². The highest BCUT2D eigenvalue weighted by atomic mass is 32.1. The Bertz CT molecular complexity index is 1200. The fourth-order valence-electron chi connectivity index (χ4n) is 3.41. The van der Waals surface area contributed by atoms with Gasteiger partial charge in [0.2, 0.25) is 0 Å². The summed E-state index contributed by atoms with van der Waals surface area (Å²) in [6.45, 7) is 4.56. The number of benzene rings is 1. The number of amides is 1. The van der Waals surface area contributed by atoms with Crippen LogP contribution in [0.25, 0.3) is 32.2 Å². The van der Waals surface area contributed by atoms with E-state index in [0.29, 0.717) is 6.54 Å². The quantitative estimate of drug-likeness (QED) is 0.530. The van der Waals surface area contributed by atoms with E-state index in [4.69, 9.17) is 4.98 Å². The van der Waals surface area contributed by atoms with Crippen LogP contribution in [0.1, 0.15) is 22.4 Å². The Labute approximate surface area is 159 Å². The first-order chi connectivity index (χ1) is 13.1. The van der Waals surface area contributed by atoms with Crippen molar-refractivity contribution in [3.8, 4) is 11.3 Å². The highest BCUT2D eigenvalue weighted by molar-refractivity contribution is 7.21. The van der Waals surface area contributed by atoms with E-state index in [2.05, 4.69) is 26.7 Å². The maximum Gasteiger partial charge on any atom is 0.263 e. The summed E-state index contributed by atoms with van der Waals surface area (Å²) in [5.41, 5.74) is 3.52. The maximum absolute atomic E-state index is 12.5. The Kier molecular flexibility index (Phi) is 3.58. The second-order valence-corrected chi connectivity index (χ2v) is 7.83. The van der Waals surface area contributed by atoms with Crippen LogP contribution in [0, 0.1) is 6.92 Å². The molecule has 134 valence electrons. The van der Waals surface area contributed by atoms with Crippen LogP contribution in [-0.4, -0.2) is 33.4 Å². The highest BCUT2D eigenvalue weighted by Gasteiger charge is 2.24. The van der Waals surface area contributed by atoms with Gasteiger partial charge < -0.3 is 10.6 Å². The molecule has 1 amide bonds. The zero-order valence-electron chi connectivity index (χ0n) is 14.9. The summed E-state index contributed by atoms with van der Waals surface area (Å²) in [7, 11) is 0. The van der Waals surface area contributed by atoms with Crippen LogP contribution >= 0.6 is 11.3 Å². The average molecular weight is 375 g/mol. The summed E-state index contributed by atoms with van der Waals surface area (Å²) in [5.74, 6) is 0.721. The van der Waals surface area contributed by atoms with E-state index in [1.54, 1.807) is 12.4 Å². The van der Waals surface area contributed by atoms with Crippen molar-refractivity contribution in [1.82, 2.24) is 20.3 Å². The number of carbonyl (C=O) groups is 1. The lowest BCUT2D eigenvalue weighted by Crippen LogP contribution is -2.34. The summed E-state index contributed by atoms with van der Waals surface area (Å²) < 4.78 is 1.08. The van der Waals surface area contributed by atoms with E-state index in [1.165, 1.54) is 11.3 Å². The third kappa shape index (κ3) is 2.62. The summed E-state index contributed by atoms with van der Waals surface area (Å²) in [6.07, 6.45) is 3.58. The first-order valence-electron chi connectivity index (χ1n) is 8.80. The molecule has 6 nitrogen and oxygen atoms in total. The first-order valence-corrected chi connectivity index (χ1v) is 9.62. The van der Waals surface area contributed by atoms with Gasteiger partial charge in [-0.1, -0.05) is 0 Å². The summed E-state index contributed by atoms with van der Waals surface area (Å²) >= 11 is 1.52. The zero-order chi connectivity index (χ0) is 18.5. The smallest absolute Gasteiger partial charge is 0.263 e. The lowest BCUT2D eigenvalue weighted by Gasteiger charge is -2.10. The van der Waals surface area contributed by atoms with Gasteiger partial charge in [-0.15, -0.1) is 11.3 Å². The van der Waals surface area contributed by atoms with Crippen LogP contribution in [0.15, 0.2) is 36.7 Å². The van der Waals surface area contributed by atoms with Crippen molar-refractivity contribution in [2.75, 3.05) is 11.9 Å². The molecule has 0 unspecified atom stereocenters. The number of aryl methyl sites for hydroxylation is 1. The Morgan fingerprint density at radius 2 is 1.96 bits per heavy atom. The molecule has 0 saturated carbocycles. The Morgan fingerprint density at radius 1 is 1.15 bits per heavy atom. The minimum Gasteiger partial charge on any atom is -0.381 e. The molecule has 0 fully saturated rings. The van der Waals surface area contributed by atoms with Gasteiger partial charge >= 0.3 is 0 Å². The molecule has 0 radical (unpaired) electrons. The molecule has 0 bridgehead atoms. The van der Waals surface area contributed by atoms with Crippen LogP contribution in [0.2, 0.25) is 0 Å². The molecule has 1 aliphatic rings. The number of thiophene rings is 1. The fourth-order valence-corrected chi connectivity index (χ4v) is 4.51. The third-order valence-electron chi connectivity index (χ3n) is 4.77. The van der Waals surface area contributed by atoms with E-state index in [1.807, 2.05) is 32.0 Å². The summed E-state index contributed by atoms with van der Waals surface area (Å²) in [5, 5.41) is 8.58. The van der Waals surface area contributed by atoms with Gasteiger partial charge in [-0.25, -0.2) is 15.0 Å². The first kappa shape index (κ1) is 16.1. The summed E-state index contributed by atoms with van der Waals surface area (Å²) in [6, 6.07) is 8.19. The molecule has 7 heteroatoms. The molecule has 1 aromatic carbocycles. The Balaban J connectivity index is 1.71. The topological polar surface area (TPSA) is 79.8 Å². The number of nitrogens with zero attached hydrogens (tertiary/aromatic N) is 3. The van der Waals surface area contributed by atoms with E-state index >= 15 is 0 Å². The number of nitrogens with one attached hydrogen (secondary N) is 2. The fraction of sp³-hybridized carbons (Fsp3) is 0.200. The standard InChI is InChI=1S/C20H17N5OS/c1-10-7-23-18-17-13-3-4-14(12-8-21-11(2)22-9-12)25-15(13)5-6-16(17)27-19(18)20(26)24-10/h3-6,8-10,23H,7H2,1-2H3,(H,24,26)/t10-/m1/s1. The molecule has 2 N–H and O–H groups in total. The highest BCUT2D eigenvalue weighted by Crippen LogP contribution is 2.41. The molecule has 0 spiro atoms. The van der Waals surface area contributed by atoms with Gasteiger partial charge in [0.15, 0.2) is 0 Å². The van der Waals surface area contributed by atoms with Crippen molar-refractivity contribution in [2.45, 2.75) is 19.9 Å². The monoisotopic (exact) mass is 375 g/mol. The van der Waals surface area contributed by atoms with Crippen molar-refractivity contribution < 1.29 is 4.79 Å². The molecule has 0 aliphatic carbocycles. The SMILES string of the molecule is Cc1ncc(-c2ccc3c(ccc4sc5c(c43)NC[C@@H](C)NC5=O)n2)cn1. The molecule has 27 heavy (non-hydrogen) atoms. The minimum absolute atomic E-state index is 0.0155. The molecule has 1 atom stereocenters. The third-order valence-corrected chi connectivity index (χ3v) is 5.92. The number of fused-ring (bicyclic) bond motifs is 5. The van der Waals surface area contributed by atoms with Crippen molar-refractivity contribution in [1.29, 1.82) is 0 Å². The Morgan fingerprint density at radius 3 is 2.78 bits per heavy atom. The van der Waals surface area contributed by atoms with Crippen LogP contribution in [-0.2, 0) is 0 Å². The van der Waals surface area contributed by atoms with Gasteiger partial charge in [-0.2, -0.15) is 0 Å². The van der Waals surface area contributed by atoms with E-state index < -0.39 is 0 Å². The lowest BCUT2D eigenvalue weighted by molar-refractivity contribution is 0.0949. The maximum atomic E-state index is 12.5. The minimum atomic E-state index is -0.0155. The molecule has 3 aromatic heterocycles. The number of hydrogen-bond acceptors (Lipinski definition) is 6. The second kappa shape index (κ2) is 5.99. The second-order valence-electron chi connectivity index (χ2n) is 6.78. The van der Waals surface area contributed by atoms with Gasteiger partial charge in [-0.3, -0.25) is 4.79 Å². The average Bonchev–Trinajstić information content (AvgIpc) is 2.99. The van der Waals surface area contributed by atoms with Gasteiger partial charge in [0, 0.05) is 46.0 Å². The van der Waals surface area contributed by atoms with Gasteiger partial charge in [0.1, 0.15) is 10.7 Å². The normalized spacial score (nSPS) is 16.7. The molecule has 4 heterocycles. The number of hydrogen-bond donors (Lipinski definition) is 2. The van der Waals surface area contributed by atoms with E-state index in [-0.39, 0.29) is 11.9 Å². The van der Waals surface area contributed by atoms with Crippen molar-refractivity contribution in [3.63, 3.8) is 0 Å². The van der Waals surface area contributed by atoms with Crippen LogP contribution in [0.4, 0.5) is 5.69 Å². The lowest BCUT2D eigenvalue weighted by atomic mass is 10.1. The number of anilines is 1. The van der Waals surface area contributed by atoms with Gasteiger partial charge in [0.05, 0.1) is 16.9 Å². The predicted octanol–water partition coefficient (Wildman–Crippen LogP) is 3.76. The molecular weight excluding hydrogens is 358 g/mol.